The lowest BCUT2D eigenvalue weighted by Crippen LogP contribution is -3.00. The van der Waals surface area contributed by atoms with Gasteiger partial charge in [0.15, 0.2) is 0 Å². The minimum Gasteiger partial charge on any atom is -0.0619 e. The summed E-state index contributed by atoms with van der Waals surface area (Å²) in [7, 11) is 0. The fraction of sp³-hybridized carbons (Fsp3) is 1.00. The average Bonchev–Trinajstić information content (AvgIpc) is 3.60. The Morgan fingerprint density at radius 3 is 0.595 bits per heavy atom. The second-order valence-corrected chi connectivity index (χ2v) is 20.9. The van der Waals surface area contributed by atoms with Crippen LogP contribution in [0.15, 0.2) is 0 Å². The van der Waals surface area contributed by atoms with Gasteiger partial charge in [-0.15, -0.1) is 0 Å². The van der Waals surface area contributed by atoms with Gasteiger partial charge in [-0.3, -0.25) is 0 Å². The number of fused-ring (bicyclic) bond motifs is 15. The van der Waals surface area contributed by atoms with Crippen molar-refractivity contribution in [1.29, 1.82) is 0 Å². The van der Waals surface area contributed by atoms with Crippen LogP contribution in [0.3, 0.4) is 0 Å². The summed E-state index contributed by atoms with van der Waals surface area (Å²) in [5, 5.41) is 0. The molecule has 0 aromatic rings. The maximum atomic E-state index is 2.60. The molecular weight excluding hydrogens is 444 g/mol. The normalized spacial score (nSPS) is 103. The molecule has 0 aromatic carbocycles. The summed E-state index contributed by atoms with van der Waals surface area (Å²) < 4.78 is 0. The van der Waals surface area contributed by atoms with E-state index in [2.05, 4.69) is 6.92 Å². The molecule has 0 heteroatoms. The second kappa shape index (κ2) is 3.92. The molecule has 23 saturated carbocycles. The van der Waals surface area contributed by atoms with Crippen LogP contribution >= 0.6 is 0 Å². The van der Waals surface area contributed by atoms with Crippen molar-refractivity contribution in [2.75, 3.05) is 0 Å². The zero-order chi connectivity index (χ0) is 21.9. The van der Waals surface area contributed by atoms with E-state index >= 15 is 0 Å². The maximum Gasteiger partial charge on any atom is -0.0312 e. The maximum absolute atomic E-state index is 2.60. The Morgan fingerprint density at radius 2 is 0.378 bits per heavy atom. The molecule has 188 valence electrons. The van der Waals surface area contributed by atoms with E-state index in [1.165, 1.54) is 201 Å². The Kier molecular flexibility index (Phi) is 1.74. The van der Waals surface area contributed by atoms with E-state index in [1.807, 2.05) is 0 Å². The fourth-order valence-corrected chi connectivity index (χ4v) is 23.6. The van der Waals surface area contributed by atoms with Crippen LogP contribution in [0.4, 0.5) is 0 Å². The molecule has 0 aliphatic heterocycles. The van der Waals surface area contributed by atoms with Crippen molar-refractivity contribution in [3.8, 4) is 0 Å². The number of rotatable bonds is 0. The third-order valence-corrected chi connectivity index (χ3v) is 23.5. The molecule has 0 aromatic heterocycles. The number of hydrogen-bond acceptors (Lipinski definition) is 0. The molecule has 37 heavy (non-hydrogen) atoms. The van der Waals surface area contributed by atoms with Crippen LogP contribution in [0.5, 0.6) is 0 Å². The van der Waals surface area contributed by atoms with E-state index < -0.39 is 0 Å². The van der Waals surface area contributed by atoms with Gasteiger partial charge < -0.3 is 0 Å². The topological polar surface area (TPSA) is 0 Å². The van der Waals surface area contributed by atoms with E-state index in [0.29, 0.717) is 0 Å². The van der Waals surface area contributed by atoms with Gasteiger partial charge in [0.05, 0.1) is 0 Å². The van der Waals surface area contributed by atoms with E-state index in [4.69, 9.17) is 0 Å². The molecule has 0 N–H and O–H groups in total. The highest BCUT2D eigenvalue weighted by atomic mass is 15.0. The predicted molar refractivity (Wildman–Crippen MR) is 132 cm³/mol. The predicted octanol–water partition coefficient (Wildman–Crippen LogP) is 5.21. The van der Waals surface area contributed by atoms with Gasteiger partial charge in [0, 0.05) is 0 Å². The van der Waals surface area contributed by atoms with Crippen molar-refractivity contribution in [1.82, 2.24) is 0 Å². The fourth-order valence-electron chi connectivity index (χ4n) is 23.6. The first-order valence-corrected chi connectivity index (χ1v) is 18.4. The molecule has 4 bridgehead atoms. The van der Waals surface area contributed by atoms with Crippen molar-refractivity contribution in [3.05, 3.63) is 0 Å². The van der Waals surface area contributed by atoms with E-state index in [9.17, 15) is 0 Å². The lowest BCUT2D eigenvalue weighted by Gasteiger charge is -3.03. The summed E-state index contributed by atoms with van der Waals surface area (Å²) in [4.78, 5) is 0. The van der Waals surface area contributed by atoms with Crippen molar-refractivity contribution < 1.29 is 0 Å². The zero-order valence-corrected chi connectivity index (χ0v) is 21.9. The zero-order valence-electron chi connectivity index (χ0n) is 21.9. The Hall–Kier alpha value is 0. The Morgan fingerprint density at radius 1 is 0.216 bits per heavy atom. The highest BCUT2D eigenvalue weighted by molar-refractivity contribution is 5.46. The third-order valence-electron chi connectivity index (χ3n) is 23.5. The molecule has 0 radical (unpaired) electrons. The molecule has 0 nitrogen and oxygen atoms in total. The average molecular weight is 485 g/mol. The molecule has 11 atom stereocenters. The molecular formula is C37H40. The van der Waals surface area contributed by atoms with Gasteiger partial charge in [0.1, 0.15) is 0 Å². The highest BCUT2D eigenvalue weighted by Crippen LogP contribution is 3.02. The molecule has 0 amide bonds. The van der Waals surface area contributed by atoms with Gasteiger partial charge in [-0.25, -0.2) is 0 Å². The van der Waals surface area contributed by atoms with Crippen LogP contribution in [-0.4, -0.2) is 0 Å². The summed E-state index contributed by atoms with van der Waals surface area (Å²) >= 11 is 0. The molecule has 7 unspecified atom stereocenters. The molecule has 23 rings (SSSR count). The van der Waals surface area contributed by atoms with Crippen molar-refractivity contribution in [3.63, 3.8) is 0 Å². The van der Waals surface area contributed by atoms with Gasteiger partial charge >= 0.3 is 0 Å². The first-order chi connectivity index (χ1) is 18.4. The van der Waals surface area contributed by atoms with Gasteiger partial charge in [-0.2, -0.15) is 0 Å². The van der Waals surface area contributed by atoms with Crippen LogP contribution in [-0.2, 0) is 0 Å². The smallest absolute Gasteiger partial charge is 0.0312 e. The lowest BCUT2D eigenvalue weighted by atomic mass is 9.01. The first-order valence-electron chi connectivity index (χ1n) is 18.4. The third kappa shape index (κ3) is 1.00. The van der Waals surface area contributed by atoms with Crippen LogP contribution < -0.4 is 0 Å². The first kappa shape index (κ1) is 16.4. The summed E-state index contributed by atoms with van der Waals surface area (Å²) in [6, 6.07) is 0. The van der Waals surface area contributed by atoms with Gasteiger partial charge in [-0.1, -0.05) is 6.92 Å². The van der Waals surface area contributed by atoms with Crippen LogP contribution in [0.1, 0.15) is 13.3 Å². The van der Waals surface area contributed by atoms with E-state index in [-0.39, 0.29) is 0 Å². The monoisotopic (exact) mass is 484 g/mol. The summed E-state index contributed by atoms with van der Waals surface area (Å²) in [5.74, 6) is 45.9. The highest BCUT2D eigenvalue weighted by Gasteiger charge is 2.99. The van der Waals surface area contributed by atoms with Crippen molar-refractivity contribution in [2.45, 2.75) is 13.3 Å². The largest absolute Gasteiger partial charge is 0.0619 e. The van der Waals surface area contributed by atoms with Gasteiger partial charge in [-0.05, 0) is 214 Å². The number of hydrogen-bond donors (Lipinski definition) is 0. The summed E-state index contributed by atoms with van der Waals surface area (Å²) in [6.45, 7) is 2.60. The van der Waals surface area contributed by atoms with Crippen LogP contribution in [0.25, 0.3) is 0 Å². The minimum absolute atomic E-state index is 1.16. The standard InChI is InChI=1S/C13H16.C10H10.C8H8.C6H6/c1-3-6-4-2-5-7(3)11-9(5)12-8(4)10(6)13(11)12;1-2-5-3(1)7-8-4(1)6(2)10(8)9(5)7;1-2-5-3(1)7-4(1)6(2)8(5)7;1-2-3(1)6-4(1)5(2)6/h3-13H,2H2,1H3;1-10H;1-8H;1-6H/t3?,4-,5?,6+,7?,8?,9+,10?,11-,12?,13?;;;/m1.../s1. The Labute approximate surface area is 220 Å². The molecule has 23 fully saturated rings. The second-order valence-electron chi connectivity index (χ2n) is 20.9. The SMILES string of the molecule is C12C3C1C1C2C31.C12C3C4C1C1C2C2C3C4C12.C12C3C4C1C1C2C3C41.CC1C2C3C[C@H]4C5C6C(C5[C@@H]14)[C@H]2[C@H]36. The van der Waals surface area contributed by atoms with Gasteiger partial charge in [0.25, 0.3) is 0 Å². The van der Waals surface area contributed by atoms with Gasteiger partial charge in [0.2, 0.25) is 0 Å². The lowest BCUT2D eigenvalue weighted by molar-refractivity contribution is -0.565. The van der Waals surface area contributed by atoms with Crippen LogP contribution in [0.2, 0.25) is 0 Å². The quantitative estimate of drug-likeness (QED) is 0.414. The molecule has 23 aliphatic rings. The van der Waals surface area contributed by atoms with E-state index in [0.717, 1.165) is 5.92 Å². The minimum atomic E-state index is 1.16. The molecule has 23 aliphatic carbocycles. The molecule has 0 spiro atoms. The Bertz CT molecular complexity index is 1030. The summed E-state index contributed by atoms with van der Waals surface area (Å²) in [5.41, 5.74) is 0. The van der Waals surface area contributed by atoms with Crippen molar-refractivity contribution in [2.24, 2.45) is 207 Å². The summed E-state index contributed by atoms with van der Waals surface area (Å²) in [6.07, 6.45) is 1.69. The van der Waals surface area contributed by atoms with E-state index in [1.54, 1.807) is 6.42 Å². The van der Waals surface area contributed by atoms with Crippen molar-refractivity contribution >= 4 is 0 Å². The molecule has 0 heterocycles. The van der Waals surface area contributed by atoms with Crippen LogP contribution in [0, 0.1) is 207 Å². The molecule has 0 saturated heterocycles. The Balaban J connectivity index is 0.0000000571.